The second-order valence-electron chi connectivity index (χ2n) is 4.28. The highest BCUT2D eigenvalue weighted by Gasteiger charge is 2.25. The van der Waals surface area contributed by atoms with Crippen molar-refractivity contribution in [3.63, 3.8) is 0 Å². The molecule has 1 saturated heterocycles. The van der Waals surface area contributed by atoms with Crippen molar-refractivity contribution in [1.29, 1.82) is 0 Å². The quantitative estimate of drug-likeness (QED) is 0.662. The average Bonchev–Trinajstić information content (AvgIpc) is 2.15. The van der Waals surface area contributed by atoms with Gasteiger partial charge in [-0.15, -0.1) is 0 Å². The van der Waals surface area contributed by atoms with Crippen LogP contribution in [-0.4, -0.2) is 50.7 Å². The number of carbonyl (C=O) groups excluding carboxylic acids is 1. The third kappa shape index (κ3) is 4.07. The zero-order valence-corrected chi connectivity index (χ0v) is 10.5. The zero-order valence-electron chi connectivity index (χ0n) is 9.64. The molecule has 1 aliphatic heterocycles. The number of nitrogens with zero attached hydrogens (tertiary/aromatic N) is 1. The maximum absolute atomic E-state index is 11.6. The molecular formula is C9H19N3O3S. The van der Waals surface area contributed by atoms with Crippen molar-refractivity contribution in [3.8, 4) is 0 Å². The molecule has 3 N–H and O–H groups in total. The molecule has 1 aliphatic rings. The van der Waals surface area contributed by atoms with Crippen LogP contribution in [0.5, 0.6) is 0 Å². The highest BCUT2D eigenvalue weighted by atomic mass is 32.2. The molecule has 0 aliphatic carbocycles. The Morgan fingerprint density at radius 1 is 1.44 bits per heavy atom. The summed E-state index contributed by atoms with van der Waals surface area (Å²) >= 11 is 0. The van der Waals surface area contributed by atoms with Gasteiger partial charge in [0.05, 0.1) is 12.3 Å². The van der Waals surface area contributed by atoms with Crippen LogP contribution in [0.2, 0.25) is 0 Å². The van der Waals surface area contributed by atoms with Crippen LogP contribution in [0.3, 0.4) is 0 Å². The minimum absolute atomic E-state index is 0.0628. The fourth-order valence-electron chi connectivity index (χ4n) is 1.81. The fraction of sp³-hybridized carbons (Fsp3) is 0.889. The molecule has 0 saturated carbocycles. The minimum atomic E-state index is -3.16. The number of hydrogen-bond acceptors (Lipinski definition) is 4. The molecule has 0 spiro atoms. The molecule has 1 amide bonds. The lowest BCUT2D eigenvalue weighted by molar-refractivity contribution is -0.133. The molecule has 0 aromatic carbocycles. The van der Waals surface area contributed by atoms with E-state index in [0.717, 1.165) is 6.26 Å². The summed E-state index contributed by atoms with van der Waals surface area (Å²) < 4.78 is 24.6. The van der Waals surface area contributed by atoms with Crippen molar-refractivity contribution in [2.45, 2.75) is 31.8 Å². The van der Waals surface area contributed by atoms with E-state index in [-0.39, 0.29) is 11.9 Å². The molecule has 1 fully saturated rings. The van der Waals surface area contributed by atoms with Crippen molar-refractivity contribution in [2.24, 2.45) is 5.73 Å². The van der Waals surface area contributed by atoms with Crippen LogP contribution in [0.15, 0.2) is 0 Å². The van der Waals surface area contributed by atoms with Crippen LogP contribution in [0.1, 0.15) is 19.8 Å². The van der Waals surface area contributed by atoms with E-state index in [1.165, 1.54) is 0 Å². The van der Waals surface area contributed by atoms with E-state index in [4.69, 9.17) is 5.73 Å². The van der Waals surface area contributed by atoms with Crippen molar-refractivity contribution in [3.05, 3.63) is 0 Å². The van der Waals surface area contributed by atoms with Crippen LogP contribution in [0.25, 0.3) is 0 Å². The van der Waals surface area contributed by atoms with Gasteiger partial charge >= 0.3 is 0 Å². The largest absolute Gasteiger partial charge is 0.341 e. The Labute approximate surface area is 96.2 Å². The van der Waals surface area contributed by atoms with Crippen molar-refractivity contribution < 1.29 is 13.2 Å². The first-order valence-corrected chi connectivity index (χ1v) is 7.20. The number of likely N-dealkylation sites (tertiary alicyclic amines) is 1. The number of nitrogens with one attached hydrogen (secondary N) is 1. The summed E-state index contributed by atoms with van der Waals surface area (Å²) in [5, 5.41) is 0. The van der Waals surface area contributed by atoms with E-state index in [1.807, 2.05) is 0 Å². The molecule has 94 valence electrons. The molecule has 0 aromatic rings. The van der Waals surface area contributed by atoms with E-state index >= 15 is 0 Å². The SMILES string of the molecule is CC(N)C(=O)N1CCC(NS(C)(=O)=O)CC1. The standard InChI is InChI=1S/C9H19N3O3S/c1-7(10)9(13)12-5-3-8(4-6-12)11-16(2,14)15/h7-8,11H,3-6,10H2,1-2H3. The van der Waals surface area contributed by atoms with Gasteiger partial charge in [0, 0.05) is 19.1 Å². The van der Waals surface area contributed by atoms with E-state index in [9.17, 15) is 13.2 Å². The number of nitrogens with two attached hydrogens (primary N) is 1. The van der Waals surface area contributed by atoms with Gasteiger partial charge in [0.25, 0.3) is 0 Å². The smallest absolute Gasteiger partial charge is 0.239 e. The summed E-state index contributed by atoms with van der Waals surface area (Å²) in [6, 6.07) is -0.549. The predicted octanol–water partition coefficient (Wildman–Crippen LogP) is -1.13. The van der Waals surface area contributed by atoms with Gasteiger partial charge in [-0.2, -0.15) is 0 Å². The van der Waals surface area contributed by atoms with Crippen LogP contribution in [0.4, 0.5) is 0 Å². The maximum Gasteiger partial charge on any atom is 0.239 e. The van der Waals surface area contributed by atoms with Gasteiger partial charge in [-0.25, -0.2) is 13.1 Å². The molecule has 0 radical (unpaired) electrons. The normalized spacial score (nSPS) is 20.8. The summed E-state index contributed by atoms with van der Waals surface area (Å²) in [4.78, 5) is 13.2. The summed E-state index contributed by atoms with van der Waals surface area (Å²) in [5.74, 6) is -0.0715. The molecule has 7 heteroatoms. The summed E-state index contributed by atoms with van der Waals surface area (Å²) in [7, 11) is -3.16. The highest BCUT2D eigenvalue weighted by molar-refractivity contribution is 7.88. The number of hydrogen-bond donors (Lipinski definition) is 2. The van der Waals surface area contributed by atoms with Gasteiger partial charge in [0.1, 0.15) is 0 Å². The van der Waals surface area contributed by atoms with Gasteiger partial charge < -0.3 is 10.6 Å². The number of amides is 1. The Kier molecular flexibility index (Phi) is 4.28. The fourth-order valence-corrected chi connectivity index (χ4v) is 2.65. The third-order valence-electron chi connectivity index (χ3n) is 2.58. The second kappa shape index (κ2) is 5.11. The van der Waals surface area contributed by atoms with Gasteiger partial charge in [0.15, 0.2) is 0 Å². The number of piperidine rings is 1. The minimum Gasteiger partial charge on any atom is -0.341 e. The van der Waals surface area contributed by atoms with Crippen molar-refractivity contribution in [2.75, 3.05) is 19.3 Å². The lowest BCUT2D eigenvalue weighted by Crippen LogP contribution is -2.50. The zero-order chi connectivity index (χ0) is 12.3. The Morgan fingerprint density at radius 3 is 2.31 bits per heavy atom. The molecule has 6 nitrogen and oxygen atoms in total. The van der Waals surface area contributed by atoms with Gasteiger partial charge in [-0.3, -0.25) is 4.79 Å². The third-order valence-corrected chi connectivity index (χ3v) is 3.34. The molecule has 1 heterocycles. The molecule has 0 bridgehead atoms. The monoisotopic (exact) mass is 249 g/mol. The lowest BCUT2D eigenvalue weighted by atomic mass is 10.1. The van der Waals surface area contributed by atoms with Gasteiger partial charge in [0.2, 0.25) is 15.9 Å². The van der Waals surface area contributed by atoms with E-state index in [1.54, 1.807) is 11.8 Å². The van der Waals surface area contributed by atoms with Crippen LogP contribution in [-0.2, 0) is 14.8 Å². The predicted molar refractivity (Wildman–Crippen MR) is 61.2 cm³/mol. The molecule has 1 atom stereocenters. The topological polar surface area (TPSA) is 92.5 Å². The number of rotatable bonds is 3. The first-order valence-electron chi connectivity index (χ1n) is 5.31. The van der Waals surface area contributed by atoms with Crippen LogP contribution in [0, 0.1) is 0 Å². The molecular weight excluding hydrogens is 230 g/mol. The number of carbonyl (C=O) groups is 1. The Morgan fingerprint density at radius 2 is 1.94 bits per heavy atom. The lowest BCUT2D eigenvalue weighted by Gasteiger charge is -2.32. The highest BCUT2D eigenvalue weighted by Crippen LogP contribution is 2.11. The Hall–Kier alpha value is -0.660. The van der Waals surface area contributed by atoms with Gasteiger partial charge in [-0.1, -0.05) is 0 Å². The van der Waals surface area contributed by atoms with Gasteiger partial charge in [-0.05, 0) is 19.8 Å². The van der Waals surface area contributed by atoms with Crippen LogP contribution >= 0.6 is 0 Å². The second-order valence-corrected chi connectivity index (χ2v) is 6.06. The van der Waals surface area contributed by atoms with Crippen molar-refractivity contribution >= 4 is 15.9 Å². The first kappa shape index (κ1) is 13.4. The molecule has 0 aromatic heterocycles. The average molecular weight is 249 g/mol. The van der Waals surface area contributed by atoms with Crippen molar-refractivity contribution in [1.82, 2.24) is 9.62 Å². The molecule has 16 heavy (non-hydrogen) atoms. The first-order chi connectivity index (χ1) is 7.29. The summed E-state index contributed by atoms with van der Waals surface area (Å²) in [6.45, 7) is 2.78. The maximum atomic E-state index is 11.6. The van der Waals surface area contributed by atoms with E-state index in [0.29, 0.717) is 25.9 Å². The molecule has 1 unspecified atom stereocenters. The Balaban J connectivity index is 2.43. The number of sulfonamides is 1. The molecule has 1 rings (SSSR count). The van der Waals surface area contributed by atoms with E-state index < -0.39 is 16.1 Å². The Bertz CT molecular complexity index is 345. The summed E-state index contributed by atoms with van der Waals surface area (Å²) in [5.41, 5.74) is 5.50. The van der Waals surface area contributed by atoms with E-state index in [2.05, 4.69) is 4.72 Å². The van der Waals surface area contributed by atoms with Crippen LogP contribution < -0.4 is 10.5 Å². The summed E-state index contributed by atoms with van der Waals surface area (Å²) in [6.07, 6.45) is 2.43.